The van der Waals surface area contributed by atoms with Crippen molar-refractivity contribution in [2.75, 3.05) is 5.75 Å². The molecule has 0 spiro atoms. The van der Waals surface area contributed by atoms with E-state index in [4.69, 9.17) is 0 Å². The van der Waals surface area contributed by atoms with Crippen LogP contribution in [0.1, 0.15) is 26.7 Å². The average molecular weight is 173 g/mol. The van der Waals surface area contributed by atoms with Gasteiger partial charge in [-0.3, -0.25) is 4.79 Å². The highest BCUT2D eigenvalue weighted by molar-refractivity contribution is 8.00. The Bertz CT molecular complexity index is 149. The number of hydrogen-bond donors (Lipinski definition) is 1. The molecule has 1 heterocycles. The van der Waals surface area contributed by atoms with Crippen LogP contribution < -0.4 is 5.32 Å². The topological polar surface area (TPSA) is 29.1 Å². The quantitative estimate of drug-likeness (QED) is 0.684. The lowest BCUT2D eigenvalue weighted by Gasteiger charge is -2.27. The van der Waals surface area contributed by atoms with Crippen molar-refractivity contribution >= 4 is 17.7 Å². The second-order valence-corrected chi connectivity index (χ2v) is 4.08. The van der Waals surface area contributed by atoms with Crippen LogP contribution in [0.4, 0.5) is 0 Å². The molecule has 0 radical (unpaired) electrons. The van der Waals surface area contributed by atoms with Gasteiger partial charge < -0.3 is 5.32 Å². The van der Waals surface area contributed by atoms with Crippen LogP contribution in [0.25, 0.3) is 0 Å². The van der Waals surface area contributed by atoms with Gasteiger partial charge in [0.2, 0.25) is 5.91 Å². The van der Waals surface area contributed by atoms with Gasteiger partial charge in [-0.05, 0) is 12.8 Å². The summed E-state index contributed by atoms with van der Waals surface area (Å²) in [7, 11) is 0. The van der Waals surface area contributed by atoms with Crippen molar-refractivity contribution < 1.29 is 4.79 Å². The molecule has 2 nitrogen and oxygen atoms in total. The van der Waals surface area contributed by atoms with Gasteiger partial charge in [0.15, 0.2) is 0 Å². The highest BCUT2D eigenvalue weighted by Crippen LogP contribution is 2.21. The molecule has 0 aromatic heterocycles. The molecule has 1 amide bonds. The molecule has 2 atom stereocenters. The third kappa shape index (κ3) is 2.12. The monoisotopic (exact) mass is 173 g/mol. The second-order valence-electron chi connectivity index (χ2n) is 2.84. The second kappa shape index (κ2) is 4.00. The molecule has 0 bridgehead atoms. The standard InChI is InChI=1S/C8H15NOS/c1-3-6-5-11-7(4-2)8(10)9-6/h6-7H,3-5H2,1-2H3,(H,9,10). The summed E-state index contributed by atoms with van der Waals surface area (Å²) in [4.78, 5) is 11.3. The van der Waals surface area contributed by atoms with E-state index >= 15 is 0 Å². The zero-order valence-electron chi connectivity index (χ0n) is 7.09. The lowest BCUT2D eigenvalue weighted by Crippen LogP contribution is -2.46. The molecule has 0 aliphatic carbocycles. The highest BCUT2D eigenvalue weighted by atomic mass is 32.2. The third-order valence-electron chi connectivity index (χ3n) is 2.00. The number of hydrogen-bond acceptors (Lipinski definition) is 2. The Morgan fingerprint density at radius 2 is 2.27 bits per heavy atom. The number of carbonyl (C=O) groups is 1. The van der Waals surface area contributed by atoms with Gasteiger partial charge >= 0.3 is 0 Å². The molecule has 64 valence electrons. The first kappa shape index (κ1) is 8.91. The Labute approximate surface area is 72.1 Å². The van der Waals surface area contributed by atoms with E-state index in [0.717, 1.165) is 18.6 Å². The summed E-state index contributed by atoms with van der Waals surface area (Å²) in [5, 5.41) is 3.21. The minimum atomic E-state index is 0.206. The number of thioether (sulfide) groups is 1. The van der Waals surface area contributed by atoms with Gasteiger partial charge in [-0.2, -0.15) is 0 Å². The molecule has 1 aliphatic heterocycles. The predicted octanol–water partition coefficient (Wildman–Crippen LogP) is 1.41. The van der Waals surface area contributed by atoms with E-state index in [1.54, 1.807) is 11.8 Å². The van der Waals surface area contributed by atoms with Gasteiger partial charge in [0.25, 0.3) is 0 Å². The Morgan fingerprint density at radius 3 is 2.73 bits per heavy atom. The molecule has 3 heteroatoms. The molecule has 2 unspecified atom stereocenters. The summed E-state index contributed by atoms with van der Waals surface area (Å²) < 4.78 is 0. The van der Waals surface area contributed by atoms with E-state index < -0.39 is 0 Å². The van der Waals surface area contributed by atoms with Crippen molar-refractivity contribution in [2.24, 2.45) is 0 Å². The van der Waals surface area contributed by atoms with Crippen LogP contribution in [-0.2, 0) is 4.79 Å². The fourth-order valence-electron chi connectivity index (χ4n) is 1.17. The van der Waals surface area contributed by atoms with E-state index in [9.17, 15) is 4.79 Å². The molecule has 1 N–H and O–H groups in total. The molecule has 1 rings (SSSR count). The lowest BCUT2D eigenvalue weighted by molar-refractivity contribution is -0.121. The SMILES string of the molecule is CCC1CSC(CC)C(=O)N1. The normalized spacial score (nSPS) is 31.6. The molecule has 0 aromatic carbocycles. The van der Waals surface area contributed by atoms with Gasteiger partial charge in [-0.15, -0.1) is 11.8 Å². The van der Waals surface area contributed by atoms with Crippen molar-refractivity contribution in [2.45, 2.75) is 38.0 Å². The first-order valence-electron chi connectivity index (χ1n) is 4.19. The molecular formula is C8H15NOS. The van der Waals surface area contributed by atoms with Gasteiger partial charge in [0.05, 0.1) is 5.25 Å². The zero-order valence-corrected chi connectivity index (χ0v) is 7.91. The number of amides is 1. The summed E-state index contributed by atoms with van der Waals surface area (Å²) in [5.41, 5.74) is 0. The van der Waals surface area contributed by atoms with Crippen LogP contribution in [0.15, 0.2) is 0 Å². The minimum Gasteiger partial charge on any atom is -0.352 e. The molecule has 0 aromatic rings. The molecule has 0 saturated carbocycles. The van der Waals surface area contributed by atoms with E-state index in [0.29, 0.717) is 6.04 Å². The Morgan fingerprint density at radius 1 is 1.55 bits per heavy atom. The number of nitrogens with one attached hydrogen (secondary N) is 1. The van der Waals surface area contributed by atoms with Gasteiger partial charge in [0, 0.05) is 11.8 Å². The van der Waals surface area contributed by atoms with Crippen LogP contribution in [0, 0.1) is 0 Å². The third-order valence-corrected chi connectivity index (χ3v) is 3.55. The van der Waals surface area contributed by atoms with Crippen molar-refractivity contribution in [1.29, 1.82) is 0 Å². The Balaban J connectivity index is 2.41. The first-order chi connectivity index (χ1) is 5.27. The van der Waals surface area contributed by atoms with Crippen LogP contribution in [0.2, 0.25) is 0 Å². The van der Waals surface area contributed by atoms with Gasteiger partial charge in [-0.25, -0.2) is 0 Å². The van der Waals surface area contributed by atoms with Crippen molar-refractivity contribution in [3.8, 4) is 0 Å². The van der Waals surface area contributed by atoms with E-state index in [-0.39, 0.29) is 11.2 Å². The predicted molar refractivity (Wildman–Crippen MR) is 48.8 cm³/mol. The minimum absolute atomic E-state index is 0.206. The maximum absolute atomic E-state index is 11.3. The average Bonchev–Trinajstić information content (AvgIpc) is 2.04. The van der Waals surface area contributed by atoms with Crippen molar-refractivity contribution in [3.63, 3.8) is 0 Å². The number of rotatable bonds is 2. The van der Waals surface area contributed by atoms with Crippen LogP contribution >= 0.6 is 11.8 Å². The van der Waals surface area contributed by atoms with Crippen LogP contribution in [0.3, 0.4) is 0 Å². The maximum atomic E-state index is 11.3. The Hall–Kier alpha value is -0.180. The zero-order chi connectivity index (χ0) is 8.27. The fraction of sp³-hybridized carbons (Fsp3) is 0.875. The summed E-state index contributed by atoms with van der Waals surface area (Å²) in [6.07, 6.45) is 2.00. The summed E-state index contributed by atoms with van der Waals surface area (Å²) in [6, 6.07) is 0.412. The Kier molecular flexibility index (Phi) is 3.24. The summed E-state index contributed by atoms with van der Waals surface area (Å²) in [6.45, 7) is 4.17. The van der Waals surface area contributed by atoms with Crippen molar-refractivity contribution in [1.82, 2.24) is 5.32 Å². The molecule has 11 heavy (non-hydrogen) atoms. The van der Waals surface area contributed by atoms with Crippen LogP contribution in [0.5, 0.6) is 0 Å². The molecule has 1 fully saturated rings. The van der Waals surface area contributed by atoms with Crippen LogP contribution in [-0.4, -0.2) is 23.0 Å². The van der Waals surface area contributed by atoms with Gasteiger partial charge in [0.1, 0.15) is 0 Å². The van der Waals surface area contributed by atoms with E-state index in [2.05, 4.69) is 19.2 Å². The molecule has 1 aliphatic rings. The summed E-state index contributed by atoms with van der Waals surface area (Å²) >= 11 is 1.79. The van der Waals surface area contributed by atoms with E-state index in [1.165, 1.54) is 0 Å². The molecule has 1 saturated heterocycles. The number of carbonyl (C=O) groups excluding carboxylic acids is 1. The van der Waals surface area contributed by atoms with Crippen molar-refractivity contribution in [3.05, 3.63) is 0 Å². The highest BCUT2D eigenvalue weighted by Gasteiger charge is 2.25. The molecular weight excluding hydrogens is 158 g/mol. The maximum Gasteiger partial charge on any atom is 0.233 e. The smallest absolute Gasteiger partial charge is 0.233 e. The van der Waals surface area contributed by atoms with E-state index in [1.807, 2.05) is 0 Å². The first-order valence-corrected chi connectivity index (χ1v) is 5.24. The summed E-state index contributed by atoms with van der Waals surface area (Å²) in [5.74, 6) is 1.32. The largest absolute Gasteiger partial charge is 0.352 e. The lowest BCUT2D eigenvalue weighted by atomic mass is 10.2. The fourth-order valence-corrected chi connectivity index (χ4v) is 2.41. The van der Waals surface area contributed by atoms with Gasteiger partial charge in [-0.1, -0.05) is 13.8 Å².